The highest BCUT2D eigenvalue weighted by molar-refractivity contribution is 5.75. The van der Waals surface area contributed by atoms with Gasteiger partial charge in [-0.15, -0.1) is 0 Å². The minimum Gasteiger partial charge on any atom is -0.393 e. The minimum absolute atomic E-state index is 0.0401. The third kappa shape index (κ3) is 2.79. The summed E-state index contributed by atoms with van der Waals surface area (Å²) in [6.07, 6.45) is 11.1. The van der Waals surface area contributed by atoms with Crippen molar-refractivity contribution in [1.82, 2.24) is 10.6 Å². The van der Waals surface area contributed by atoms with Crippen molar-refractivity contribution in [2.24, 2.45) is 17.8 Å². The number of aliphatic hydroxyl groups is 1. The van der Waals surface area contributed by atoms with Gasteiger partial charge in [0.2, 0.25) is 0 Å². The molecule has 0 atom stereocenters. The van der Waals surface area contributed by atoms with Gasteiger partial charge in [0.25, 0.3) is 0 Å². The molecule has 5 fully saturated rings. The van der Waals surface area contributed by atoms with Crippen LogP contribution >= 0.6 is 0 Å². The van der Waals surface area contributed by atoms with Crippen LogP contribution in [0.5, 0.6) is 0 Å². The van der Waals surface area contributed by atoms with Gasteiger partial charge in [0.15, 0.2) is 0 Å². The number of urea groups is 1. The molecule has 4 bridgehead atoms. The zero-order chi connectivity index (χ0) is 14.4. The maximum Gasteiger partial charge on any atom is 0.315 e. The number of carbonyl (C=O) groups is 1. The molecule has 118 valence electrons. The quantitative estimate of drug-likeness (QED) is 0.732. The molecule has 0 aromatic carbocycles. The normalized spacial score (nSPS) is 48.1. The van der Waals surface area contributed by atoms with E-state index in [0.717, 1.165) is 43.4 Å². The molecule has 0 aromatic heterocycles. The largest absolute Gasteiger partial charge is 0.393 e. The van der Waals surface area contributed by atoms with E-state index in [4.69, 9.17) is 0 Å². The first-order chi connectivity index (χ1) is 10.1. The van der Waals surface area contributed by atoms with Gasteiger partial charge in [-0.25, -0.2) is 4.79 Å². The van der Waals surface area contributed by atoms with Gasteiger partial charge in [-0.1, -0.05) is 0 Å². The lowest BCUT2D eigenvalue weighted by Crippen LogP contribution is -2.62. The number of hydrogen-bond donors (Lipinski definition) is 3. The molecule has 5 aliphatic rings. The van der Waals surface area contributed by atoms with Crippen LogP contribution < -0.4 is 10.6 Å². The van der Waals surface area contributed by atoms with Crippen molar-refractivity contribution in [2.45, 2.75) is 81.9 Å². The summed E-state index contributed by atoms with van der Waals surface area (Å²) < 4.78 is 0. The summed E-state index contributed by atoms with van der Waals surface area (Å²) in [5, 5.41) is 16.1. The summed E-state index contributed by atoms with van der Waals surface area (Å²) in [5.41, 5.74) is 0.104. The Hall–Kier alpha value is -0.770. The molecule has 0 heterocycles. The van der Waals surface area contributed by atoms with E-state index in [-0.39, 0.29) is 23.7 Å². The number of nitrogens with one attached hydrogen (secondary N) is 2. The maximum atomic E-state index is 12.4. The van der Waals surface area contributed by atoms with Gasteiger partial charge in [0.1, 0.15) is 0 Å². The van der Waals surface area contributed by atoms with Crippen molar-refractivity contribution < 1.29 is 9.90 Å². The van der Waals surface area contributed by atoms with Crippen molar-refractivity contribution in [3.63, 3.8) is 0 Å². The molecule has 4 heteroatoms. The maximum absolute atomic E-state index is 12.4. The van der Waals surface area contributed by atoms with Gasteiger partial charge in [0.05, 0.1) is 6.10 Å². The smallest absolute Gasteiger partial charge is 0.315 e. The van der Waals surface area contributed by atoms with Crippen LogP contribution in [0.3, 0.4) is 0 Å². The van der Waals surface area contributed by atoms with Gasteiger partial charge in [-0.05, 0) is 82.0 Å². The highest BCUT2D eigenvalue weighted by atomic mass is 16.3. The first-order valence-electron chi connectivity index (χ1n) is 8.87. The SMILES string of the molecule is O=C(NC12CC3CC(CC(C3)C1)C2)N[C@H]1CC[C@H](O)CC1. The first kappa shape index (κ1) is 13.9. The molecule has 5 rings (SSSR count). The van der Waals surface area contributed by atoms with Crippen molar-refractivity contribution in [3.05, 3.63) is 0 Å². The van der Waals surface area contributed by atoms with Crippen LogP contribution in [0.4, 0.5) is 4.79 Å². The highest BCUT2D eigenvalue weighted by Crippen LogP contribution is 2.55. The summed E-state index contributed by atoms with van der Waals surface area (Å²) in [6, 6.07) is 0.292. The third-order valence-corrected chi connectivity index (χ3v) is 6.45. The predicted molar refractivity (Wildman–Crippen MR) is 80.8 cm³/mol. The van der Waals surface area contributed by atoms with Gasteiger partial charge < -0.3 is 15.7 Å². The number of rotatable bonds is 2. The van der Waals surface area contributed by atoms with E-state index >= 15 is 0 Å². The van der Waals surface area contributed by atoms with Crippen molar-refractivity contribution in [3.8, 4) is 0 Å². The number of aliphatic hydroxyl groups excluding tert-OH is 1. The molecule has 0 unspecified atom stereocenters. The Bertz CT molecular complexity index is 380. The predicted octanol–water partition coefficient (Wildman–Crippen LogP) is 2.56. The molecule has 0 radical (unpaired) electrons. The van der Waals surface area contributed by atoms with Crippen molar-refractivity contribution >= 4 is 6.03 Å². The van der Waals surface area contributed by atoms with Crippen LogP contribution in [-0.4, -0.2) is 28.8 Å². The second-order valence-corrected chi connectivity index (χ2v) is 8.30. The van der Waals surface area contributed by atoms with Crippen LogP contribution in [0.25, 0.3) is 0 Å². The summed E-state index contributed by atoms with van der Waals surface area (Å²) in [7, 11) is 0. The highest BCUT2D eigenvalue weighted by Gasteiger charge is 2.51. The molecule has 21 heavy (non-hydrogen) atoms. The topological polar surface area (TPSA) is 61.4 Å². The Balaban J connectivity index is 1.34. The average Bonchev–Trinajstić information content (AvgIpc) is 2.39. The van der Waals surface area contributed by atoms with E-state index in [0.29, 0.717) is 0 Å². The van der Waals surface area contributed by atoms with E-state index in [1.807, 2.05) is 0 Å². The van der Waals surface area contributed by atoms with Crippen LogP contribution in [-0.2, 0) is 0 Å². The Labute approximate surface area is 127 Å². The standard InChI is InChI=1S/C17H28N2O2/c20-15-3-1-14(2-4-15)18-16(21)19-17-8-11-5-12(9-17)7-13(6-11)10-17/h11-15,20H,1-10H2,(H2,18,19,21)/t11?,12?,13?,14-,15-,17?. The summed E-state index contributed by atoms with van der Waals surface area (Å²) in [4.78, 5) is 12.4. The fourth-order valence-electron chi connectivity index (χ4n) is 5.95. The zero-order valence-corrected chi connectivity index (χ0v) is 12.8. The van der Waals surface area contributed by atoms with Gasteiger partial charge in [0, 0.05) is 11.6 Å². The van der Waals surface area contributed by atoms with Crippen molar-refractivity contribution in [1.29, 1.82) is 0 Å². The molecule has 4 nitrogen and oxygen atoms in total. The Morgan fingerprint density at radius 1 is 0.905 bits per heavy atom. The molecule has 0 aliphatic heterocycles. The zero-order valence-electron chi connectivity index (χ0n) is 12.8. The Morgan fingerprint density at radius 3 is 1.95 bits per heavy atom. The second kappa shape index (κ2) is 5.15. The van der Waals surface area contributed by atoms with Gasteiger partial charge >= 0.3 is 6.03 Å². The van der Waals surface area contributed by atoms with Gasteiger partial charge in [-0.3, -0.25) is 0 Å². The molecule has 2 amide bonds. The lowest BCUT2D eigenvalue weighted by molar-refractivity contribution is -0.0138. The number of amides is 2. The summed E-state index contributed by atoms with van der Waals surface area (Å²) >= 11 is 0. The Kier molecular flexibility index (Phi) is 3.40. The molecule has 0 saturated heterocycles. The number of hydrogen-bond acceptors (Lipinski definition) is 2. The lowest BCUT2D eigenvalue weighted by Gasteiger charge is -2.56. The van der Waals surface area contributed by atoms with Crippen molar-refractivity contribution in [2.75, 3.05) is 0 Å². The first-order valence-corrected chi connectivity index (χ1v) is 8.87. The summed E-state index contributed by atoms with van der Waals surface area (Å²) in [6.45, 7) is 0. The number of carbonyl (C=O) groups excluding carboxylic acids is 1. The second-order valence-electron chi connectivity index (χ2n) is 8.30. The summed E-state index contributed by atoms with van der Waals surface area (Å²) in [5.74, 6) is 2.59. The molecule has 0 spiro atoms. The van der Waals surface area contributed by atoms with Crippen LogP contribution in [0.2, 0.25) is 0 Å². The van der Waals surface area contributed by atoms with E-state index in [1.165, 1.54) is 38.5 Å². The molecular weight excluding hydrogens is 264 g/mol. The van der Waals surface area contributed by atoms with E-state index in [9.17, 15) is 9.90 Å². The van der Waals surface area contributed by atoms with Crippen LogP contribution in [0.15, 0.2) is 0 Å². The monoisotopic (exact) mass is 292 g/mol. The lowest BCUT2D eigenvalue weighted by atomic mass is 9.53. The molecule has 5 aliphatic carbocycles. The molecular formula is C17H28N2O2. The van der Waals surface area contributed by atoms with E-state index in [1.54, 1.807) is 0 Å². The average molecular weight is 292 g/mol. The fraction of sp³-hybridized carbons (Fsp3) is 0.941. The molecule has 5 saturated carbocycles. The van der Waals surface area contributed by atoms with E-state index < -0.39 is 0 Å². The van der Waals surface area contributed by atoms with Crippen LogP contribution in [0.1, 0.15) is 64.2 Å². The fourth-order valence-corrected chi connectivity index (χ4v) is 5.95. The molecule has 3 N–H and O–H groups in total. The minimum atomic E-state index is -0.158. The third-order valence-electron chi connectivity index (χ3n) is 6.45. The Morgan fingerprint density at radius 2 is 1.43 bits per heavy atom. The van der Waals surface area contributed by atoms with Crippen LogP contribution in [0, 0.1) is 17.8 Å². The van der Waals surface area contributed by atoms with Gasteiger partial charge in [-0.2, -0.15) is 0 Å². The van der Waals surface area contributed by atoms with E-state index in [2.05, 4.69) is 10.6 Å². The molecule has 0 aromatic rings.